The molecule has 0 rings (SSSR count). The van der Waals surface area contributed by atoms with Crippen LogP contribution in [-0.4, -0.2) is 41.0 Å². The van der Waals surface area contributed by atoms with Gasteiger partial charge in [-0.25, -0.2) is 4.79 Å². The first-order valence-corrected chi connectivity index (χ1v) is 7.72. The summed E-state index contributed by atoms with van der Waals surface area (Å²) in [5.41, 5.74) is 0.329. The zero-order valence-corrected chi connectivity index (χ0v) is 14.2. The van der Waals surface area contributed by atoms with Crippen LogP contribution >= 0.6 is 11.8 Å². The van der Waals surface area contributed by atoms with Crippen molar-refractivity contribution < 1.29 is 19.1 Å². The fourth-order valence-corrected chi connectivity index (χ4v) is 1.51. The number of hydrogen-bond donors (Lipinski definition) is 0. The van der Waals surface area contributed by atoms with E-state index in [2.05, 4.69) is 4.99 Å². The molecule has 0 fully saturated rings. The molecule has 1 atom stereocenters. The summed E-state index contributed by atoms with van der Waals surface area (Å²) in [6.07, 6.45) is 1.70. The van der Waals surface area contributed by atoms with Crippen LogP contribution < -0.4 is 0 Å². The van der Waals surface area contributed by atoms with Crippen molar-refractivity contribution >= 4 is 29.2 Å². The van der Waals surface area contributed by atoms with Gasteiger partial charge in [0.15, 0.2) is 6.04 Å². The molecule has 0 aromatic heterocycles. The molecule has 0 aromatic carbocycles. The van der Waals surface area contributed by atoms with Crippen LogP contribution in [0.1, 0.15) is 48.0 Å². The molecule has 0 unspecified atom stereocenters. The lowest BCUT2D eigenvalue weighted by Gasteiger charge is -2.23. The zero-order valence-electron chi connectivity index (χ0n) is 13.4. The van der Waals surface area contributed by atoms with Crippen LogP contribution in [0, 0.1) is 0 Å². The lowest BCUT2D eigenvalue weighted by Crippen LogP contribution is -2.34. The van der Waals surface area contributed by atoms with E-state index in [1.807, 2.05) is 6.26 Å². The van der Waals surface area contributed by atoms with Gasteiger partial charge in [0.05, 0.1) is 12.0 Å². The van der Waals surface area contributed by atoms with Crippen molar-refractivity contribution in [2.75, 3.05) is 6.26 Å². The van der Waals surface area contributed by atoms with E-state index in [-0.39, 0.29) is 6.42 Å². The van der Waals surface area contributed by atoms with E-state index < -0.39 is 29.2 Å². The number of nitrogens with zero attached hydrogens (tertiary/aromatic N) is 1. The second-order valence-corrected chi connectivity index (χ2v) is 7.01. The predicted octanol–water partition coefficient (Wildman–Crippen LogP) is 2.82. The highest BCUT2D eigenvalue weighted by atomic mass is 32.2. The number of rotatable bonds is 5. The van der Waals surface area contributed by atoms with Crippen molar-refractivity contribution in [3.8, 4) is 0 Å². The highest BCUT2D eigenvalue weighted by molar-refractivity contribution is 8.11. The Morgan fingerprint density at radius 1 is 1.10 bits per heavy atom. The maximum Gasteiger partial charge on any atom is 0.332 e. The van der Waals surface area contributed by atoms with Crippen LogP contribution in [-0.2, 0) is 19.1 Å². The Hall–Kier alpha value is -1.04. The van der Waals surface area contributed by atoms with Crippen molar-refractivity contribution in [3.05, 3.63) is 0 Å². The summed E-state index contributed by atoms with van der Waals surface area (Å²) >= 11 is 1.35. The quantitative estimate of drug-likeness (QED) is 0.444. The van der Waals surface area contributed by atoms with Crippen molar-refractivity contribution in [2.45, 2.75) is 65.2 Å². The lowest BCUT2D eigenvalue weighted by atomic mass is 10.1. The second kappa shape index (κ2) is 7.67. The molecule has 5 nitrogen and oxygen atoms in total. The topological polar surface area (TPSA) is 65.0 Å². The highest BCUT2D eigenvalue weighted by Crippen LogP contribution is 2.15. The standard InChI is InChI=1S/C14H25NO4S/c1-13(2,3)18-11(16)8-10(15-9-20-7)12(17)19-14(4,5)6/h9-10H,8H2,1-7H3/t10-/m0/s1. The van der Waals surface area contributed by atoms with Gasteiger partial charge in [-0.2, -0.15) is 0 Å². The van der Waals surface area contributed by atoms with Crippen LogP contribution in [0.5, 0.6) is 0 Å². The van der Waals surface area contributed by atoms with E-state index in [9.17, 15) is 9.59 Å². The van der Waals surface area contributed by atoms with Crippen molar-refractivity contribution in [2.24, 2.45) is 4.99 Å². The van der Waals surface area contributed by atoms with Crippen molar-refractivity contribution in [1.82, 2.24) is 0 Å². The number of aliphatic imine (C=N–C) groups is 1. The van der Waals surface area contributed by atoms with E-state index >= 15 is 0 Å². The fourth-order valence-electron chi connectivity index (χ4n) is 1.24. The Labute approximate surface area is 125 Å². The summed E-state index contributed by atoms with van der Waals surface area (Å²) < 4.78 is 10.5. The molecule has 116 valence electrons. The Bertz CT molecular complexity index is 366. The van der Waals surface area contributed by atoms with E-state index in [0.29, 0.717) is 0 Å². The van der Waals surface area contributed by atoms with Crippen LogP contribution in [0.15, 0.2) is 4.99 Å². The molecule has 0 aliphatic heterocycles. The van der Waals surface area contributed by atoms with Gasteiger partial charge in [0.2, 0.25) is 0 Å². The minimum atomic E-state index is -0.864. The Kier molecular flexibility index (Phi) is 7.27. The molecule has 0 aromatic rings. The molecule has 0 bridgehead atoms. The van der Waals surface area contributed by atoms with Gasteiger partial charge in [0.1, 0.15) is 11.2 Å². The number of carbonyl (C=O) groups is 2. The molecule has 0 aliphatic carbocycles. The van der Waals surface area contributed by atoms with Crippen LogP contribution in [0.25, 0.3) is 0 Å². The van der Waals surface area contributed by atoms with Gasteiger partial charge in [0.25, 0.3) is 0 Å². The third-order valence-corrected chi connectivity index (χ3v) is 2.14. The van der Waals surface area contributed by atoms with Crippen molar-refractivity contribution in [1.29, 1.82) is 0 Å². The molecule has 0 amide bonds. The SMILES string of the molecule is CSC=N[C@@H](CC(=O)OC(C)(C)C)C(=O)OC(C)(C)C. The summed E-state index contributed by atoms with van der Waals surface area (Å²) in [4.78, 5) is 27.9. The summed E-state index contributed by atoms with van der Waals surface area (Å²) in [5.74, 6) is -0.986. The summed E-state index contributed by atoms with van der Waals surface area (Å²) in [5, 5.41) is 0. The Morgan fingerprint density at radius 2 is 1.60 bits per heavy atom. The summed E-state index contributed by atoms with van der Waals surface area (Å²) in [6.45, 7) is 10.6. The molecule has 0 spiro atoms. The third kappa shape index (κ3) is 9.83. The zero-order chi connectivity index (χ0) is 16.0. The molecular weight excluding hydrogens is 278 g/mol. The van der Waals surface area contributed by atoms with Gasteiger partial charge in [0, 0.05) is 0 Å². The molecule has 0 radical (unpaired) electrons. The first-order chi connectivity index (χ1) is 8.94. The smallest absolute Gasteiger partial charge is 0.332 e. The molecule has 0 saturated heterocycles. The number of hydrogen-bond acceptors (Lipinski definition) is 6. The van der Waals surface area contributed by atoms with Crippen LogP contribution in [0.4, 0.5) is 0 Å². The first-order valence-electron chi connectivity index (χ1n) is 6.44. The Morgan fingerprint density at radius 3 is 2.00 bits per heavy atom. The molecule has 0 saturated carbocycles. The Balaban J connectivity index is 4.77. The molecule has 20 heavy (non-hydrogen) atoms. The molecule has 6 heteroatoms. The van der Waals surface area contributed by atoms with Gasteiger partial charge in [-0.1, -0.05) is 0 Å². The van der Waals surface area contributed by atoms with Crippen LogP contribution in [0.2, 0.25) is 0 Å². The molecular formula is C14H25NO4S. The average Bonchev–Trinajstić information content (AvgIpc) is 2.18. The second-order valence-electron chi connectivity index (χ2n) is 6.33. The van der Waals surface area contributed by atoms with E-state index in [1.54, 1.807) is 41.5 Å². The van der Waals surface area contributed by atoms with E-state index in [4.69, 9.17) is 9.47 Å². The van der Waals surface area contributed by atoms with Gasteiger partial charge >= 0.3 is 11.9 Å². The van der Waals surface area contributed by atoms with Crippen LogP contribution in [0.3, 0.4) is 0 Å². The monoisotopic (exact) mass is 303 g/mol. The van der Waals surface area contributed by atoms with Gasteiger partial charge in [-0.05, 0) is 47.8 Å². The minimum Gasteiger partial charge on any atom is -0.460 e. The van der Waals surface area contributed by atoms with Gasteiger partial charge in [-0.15, -0.1) is 11.8 Å². The lowest BCUT2D eigenvalue weighted by molar-refractivity contribution is -0.163. The molecule has 0 heterocycles. The summed E-state index contributed by atoms with van der Waals surface area (Å²) in [7, 11) is 0. The van der Waals surface area contributed by atoms with Gasteiger partial charge < -0.3 is 9.47 Å². The molecule has 0 aliphatic rings. The number of ether oxygens (including phenoxy) is 2. The predicted molar refractivity (Wildman–Crippen MR) is 82.1 cm³/mol. The third-order valence-electron chi connectivity index (χ3n) is 1.81. The number of esters is 2. The first kappa shape index (κ1) is 19.0. The maximum absolute atomic E-state index is 12.0. The summed E-state index contributed by atoms with van der Waals surface area (Å²) in [6, 6.07) is -0.864. The highest BCUT2D eigenvalue weighted by Gasteiger charge is 2.28. The van der Waals surface area contributed by atoms with E-state index in [0.717, 1.165) is 0 Å². The number of carbonyl (C=O) groups excluding carboxylic acids is 2. The van der Waals surface area contributed by atoms with E-state index in [1.165, 1.54) is 17.3 Å². The normalized spacial score (nSPS) is 14.2. The van der Waals surface area contributed by atoms with Crippen molar-refractivity contribution in [3.63, 3.8) is 0 Å². The van der Waals surface area contributed by atoms with Gasteiger partial charge in [-0.3, -0.25) is 9.79 Å². The number of thioether (sulfide) groups is 1. The average molecular weight is 303 g/mol. The minimum absolute atomic E-state index is 0.122. The molecule has 0 N–H and O–H groups in total. The largest absolute Gasteiger partial charge is 0.460 e. The fraction of sp³-hybridized carbons (Fsp3) is 0.786. The maximum atomic E-state index is 12.0.